The largest absolute Gasteiger partial charge is 0.497 e. The third-order valence-electron chi connectivity index (χ3n) is 4.04. The summed E-state index contributed by atoms with van der Waals surface area (Å²) >= 11 is 0. The van der Waals surface area contributed by atoms with Gasteiger partial charge in [0.05, 0.1) is 33.0 Å². The number of likely N-dealkylation sites (N-methyl/N-ethyl adjacent to an activating group) is 1. The van der Waals surface area contributed by atoms with E-state index in [1.165, 1.54) is 12.8 Å². The first-order chi connectivity index (χ1) is 12.1. The zero-order valence-corrected chi connectivity index (χ0v) is 14.3. The third kappa shape index (κ3) is 5.32. The fourth-order valence-electron chi connectivity index (χ4n) is 2.68. The molecule has 1 saturated heterocycles. The number of nitrogens with zero attached hydrogens (tertiary/aromatic N) is 4. The van der Waals surface area contributed by atoms with Gasteiger partial charge in [-0.25, -0.2) is 0 Å². The van der Waals surface area contributed by atoms with Crippen molar-refractivity contribution in [3.8, 4) is 5.75 Å². The summed E-state index contributed by atoms with van der Waals surface area (Å²) in [6, 6.07) is 1.30. The number of hydrogen-bond donors (Lipinski definition) is 2. The van der Waals surface area contributed by atoms with Crippen LogP contribution < -0.4 is 0 Å². The Morgan fingerprint density at radius 2 is 1.58 bits per heavy atom. The zero-order valence-electron chi connectivity index (χ0n) is 14.3. The molecule has 26 heavy (non-hydrogen) atoms. The minimum absolute atomic E-state index is 0.162. The van der Waals surface area contributed by atoms with Crippen LogP contribution in [0.1, 0.15) is 26.2 Å². The van der Waals surface area contributed by atoms with Gasteiger partial charge in [0.2, 0.25) is 0 Å². The normalized spacial score (nSPS) is 18.3. The van der Waals surface area contributed by atoms with Gasteiger partial charge in [0, 0.05) is 6.04 Å². The average Bonchev–Trinajstić information content (AvgIpc) is 2.55. The molecule has 12 heteroatoms. The number of nitro groups is 3. The van der Waals surface area contributed by atoms with Crippen molar-refractivity contribution in [2.75, 3.05) is 13.6 Å². The number of non-ortho nitro benzene ring substituents is 1. The van der Waals surface area contributed by atoms with Gasteiger partial charge in [-0.2, -0.15) is 0 Å². The first-order valence-corrected chi connectivity index (χ1v) is 7.74. The average molecular weight is 372 g/mol. The molecular weight excluding hydrogens is 352 g/mol. The molecule has 1 aliphatic rings. The summed E-state index contributed by atoms with van der Waals surface area (Å²) in [5.74, 6) is -1.21. The predicted molar refractivity (Wildman–Crippen MR) is 90.0 cm³/mol. The summed E-state index contributed by atoms with van der Waals surface area (Å²) in [6.45, 7) is 3.03. The number of benzene rings is 1. The highest BCUT2D eigenvalue weighted by atomic mass is 16.6. The third-order valence-corrected chi connectivity index (χ3v) is 4.04. The molecule has 1 aromatic carbocycles. The monoisotopic (exact) mass is 372 g/mol. The van der Waals surface area contributed by atoms with Crippen LogP contribution in [0.5, 0.6) is 5.75 Å². The number of aliphatic hydroxyl groups is 1. The van der Waals surface area contributed by atoms with Crippen LogP contribution >= 0.6 is 0 Å². The highest BCUT2D eigenvalue weighted by molar-refractivity contribution is 5.64. The minimum atomic E-state index is -1.21. The smallest absolute Gasteiger partial charge is 0.324 e. The summed E-state index contributed by atoms with van der Waals surface area (Å²) in [4.78, 5) is 30.0. The van der Waals surface area contributed by atoms with Gasteiger partial charge in [-0.05, 0) is 33.4 Å². The molecule has 12 nitrogen and oxygen atoms in total. The predicted octanol–water partition coefficient (Wildman–Crippen LogP) is 1.97. The van der Waals surface area contributed by atoms with E-state index in [1.54, 1.807) is 0 Å². The van der Waals surface area contributed by atoms with Gasteiger partial charge in [0.25, 0.3) is 11.4 Å². The fourth-order valence-corrected chi connectivity index (χ4v) is 2.68. The van der Waals surface area contributed by atoms with Crippen molar-refractivity contribution >= 4 is 17.1 Å². The Morgan fingerprint density at radius 3 is 1.88 bits per heavy atom. The summed E-state index contributed by atoms with van der Waals surface area (Å²) < 4.78 is 0. The van der Waals surface area contributed by atoms with Crippen LogP contribution in [0.4, 0.5) is 17.1 Å². The zero-order chi connectivity index (χ0) is 20.0. The van der Waals surface area contributed by atoms with Crippen LogP contribution in [-0.4, -0.2) is 55.6 Å². The topological polar surface area (TPSA) is 173 Å². The minimum Gasteiger partial charge on any atom is -0.497 e. The van der Waals surface area contributed by atoms with Crippen molar-refractivity contribution < 1.29 is 25.0 Å². The number of piperidine rings is 1. The van der Waals surface area contributed by atoms with Crippen molar-refractivity contribution in [1.29, 1.82) is 0 Å². The van der Waals surface area contributed by atoms with E-state index < -0.39 is 37.6 Å². The molecule has 2 atom stereocenters. The maximum Gasteiger partial charge on any atom is 0.324 e. The van der Waals surface area contributed by atoms with Gasteiger partial charge < -0.3 is 15.1 Å². The number of nitro benzene ring substituents is 3. The Labute approximate surface area is 148 Å². The Morgan fingerprint density at radius 1 is 1.08 bits per heavy atom. The van der Waals surface area contributed by atoms with E-state index in [0.29, 0.717) is 18.2 Å². The van der Waals surface area contributed by atoms with E-state index >= 15 is 0 Å². The van der Waals surface area contributed by atoms with Gasteiger partial charge in [-0.1, -0.05) is 6.42 Å². The molecule has 1 aromatic rings. The molecule has 2 unspecified atom stereocenters. The second-order valence-corrected chi connectivity index (χ2v) is 5.89. The van der Waals surface area contributed by atoms with Gasteiger partial charge in [0.15, 0.2) is 0 Å². The van der Waals surface area contributed by atoms with Crippen LogP contribution in [0.2, 0.25) is 0 Å². The lowest BCUT2D eigenvalue weighted by atomic mass is 9.99. The van der Waals surface area contributed by atoms with E-state index in [-0.39, 0.29) is 6.10 Å². The number of rotatable bonds is 4. The molecule has 0 aliphatic carbocycles. The van der Waals surface area contributed by atoms with E-state index in [1.807, 2.05) is 6.92 Å². The summed E-state index contributed by atoms with van der Waals surface area (Å²) in [7, 11) is 2.09. The molecule has 0 aromatic heterocycles. The number of aliphatic hydroxyl groups excluding tert-OH is 1. The van der Waals surface area contributed by atoms with Crippen molar-refractivity contribution in [2.45, 2.75) is 38.3 Å². The Hall–Kier alpha value is -2.86. The molecule has 144 valence electrons. The molecule has 0 radical (unpaired) electrons. The van der Waals surface area contributed by atoms with Gasteiger partial charge in [-0.3, -0.25) is 30.3 Å². The van der Waals surface area contributed by atoms with Crippen LogP contribution in [0, 0.1) is 30.3 Å². The Kier molecular flexibility index (Phi) is 7.34. The lowest BCUT2D eigenvalue weighted by Crippen LogP contribution is -2.43. The van der Waals surface area contributed by atoms with E-state index in [0.717, 1.165) is 13.0 Å². The van der Waals surface area contributed by atoms with Gasteiger partial charge in [-0.15, -0.1) is 0 Å². The van der Waals surface area contributed by atoms with E-state index in [9.17, 15) is 35.4 Å². The number of likely N-dealkylation sites (tertiary alicyclic amines) is 1. The molecular formula is C14H20N4O8. The van der Waals surface area contributed by atoms with Crippen LogP contribution in [-0.2, 0) is 0 Å². The number of hydrogen-bond acceptors (Lipinski definition) is 9. The summed E-state index contributed by atoms with van der Waals surface area (Å²) in [6.07, 6.45) is 3.57. The number of phenolic OH excluding ortho intramolecular Hbond substituents is 1. The first kappa shape index (κ1) is 21.2. The lowest BCUT2D eigenvalue weighted by molar-refractivity contribution is -0.404. The SMILES string of the molecule is CC(O)C1CCCCN1C.O=[N+]([O-])c1cc([N+](=O)[O-])c(O)c([N+](=O)[O-])c1. The quantitative estimate of drug-likeness (QED) is 0.591. The van der Waals surface area contributed by atoms with Crippen molar-refractivity contribution in [1.82, 2.24) is 4.90 Å². The molecule has 2 N–H and O–H groups in total. The molecule has 1 heterocycles. The molecule has 0 saturated carbocycles. The van der Waals surface area contributed by atoms with Crippen LogP contribution in [0.25, 0.3) is 0 Å². The summed E-state index contributed by atoms with van der Waals surface area (Å²) in [5, 5.41) is 49.5. The van der Waals surface area contributed by atoms with Crippen molar-refractivity contribution in [3.63, 3.8) is 0 Å². The Bertz CT molecular complexity index is 659. The van der Waals surface area contributed by atoms with Crippen LogP contribution in [0.3, 0.4) is 0 Å². The van der Waals surface area contributed by atoms with Crippen molar-refractivity contribution in [2.24, 2.45) is 0 Å². The maximum atomic E-state index is 10.4. The maximum absolute atomic E-state index is 10.4. The van der Waals surface area contributed by atoms with E-state index in [4.69, 9.17) is 5.11 Å². The molecule has 0 spiro atoms. The number of phenols is 1. The second kappa shape index (κ2) is 9.01. The number of aromatic hydroxyl groups is 1. The molecule has 1 fully saturated rings. The van der Waals surface area contributed by atoms with Gasteiger partial charge >= 0.3 is 11.4 Å². The lowest BCUT2D eigenvalue weighted by Gasteiger charge is -2.34. The highest BCUT2D eigenvalue weighted by Crippen LogP contribution is 2.38. The highest BCUT2D eigenvalue weighted by Gasteiger charge is 2.30. The summed E-state index contributed by atoms with van der Waals surface area (Å²) in [5.41, 5.74) is -3.00. The van der Waals surface area contributed by atoms with Gasteiger partial charge in [0.1, 0.15) is 0 Å². The second-order valence-electron chi connectivity index (χ2n) is 5.89. The standard InChI is InChI=1S/C8H17NO.C6H3N3O7/c1-7(10)8-5-3-4-6-9(8)2;10-6-4(8(13)14)1-3(7(11)12)2-5(6)9(15)16/h7-8,10H,3-6H2,1-2H3;1-2,10H. The van der Waals surface area contributed by atoms with E-state index in [2.05, 4.69) is 11.9 Å². The molecule has 0 bridgehead atoms. The Balaban J connectivity index is 0.000000289. The molecule has 0 amide bonds. The first-order valence-electron chi connectivity index (χ1n) is 7.74. The molecule has 2 rings (SSSR count). The van der Waals surface area contributed by atoms with Crippen LogP contribution in [0.15, 0.2) is 12.1 Å². The van der Waals surface area contributed by atoms with Crippen molar-refractivity contribution in [3.05, 3.63) is 42.5 Å². The fraction of sp³-hybridized carbons (Fsp3) is 0.571. The molecule has 1 aliphatic heterocycles.